The van der Waals surface area contributed by atoms with Crippen molar-refractivity contribution in [2.45, 2.75) is 6.92 Å². The number of nitrogens with two attached hydrogens (primary N) is 1. The molecule has 72 valence electrons. The van der Waals surface area contributed by atoms with Crippen LogP contribution in [0.3, 0.4) is 0 Å². The number of nitrogens with zero attached hydrogens (tertiary/aromatic N) is 2. The Bertz CT molecular complexity index is 265. The van der Waals surface area contributed by atoms with Crippen molar-refractivity contribution in [2.24, 2.45) is 5.73 Å². The zero-order valence-corrected chi connectivity index (χ0v) is 7.70. The van der Waals surface area contributed by atoms with Gasteiger partial charge in [0.05, 0.1) is 18.1 Å². The molecule has 2 N–H and O–H groups in total. The lowest BCUT2D eigenvalue weighted by atomic mass is 10.3. The molecule has 0 fully saturated rings. The minimum atomic E-state index is -0.312. The monoisotopic (exact) mass is 183 g/mol. The van der Waals surface area contributed by atoms with E-state index in [2.05, 4.69) is 4.98 Å². The summed E-state index contributed by atoms with van der Waals surface area (Å²) in [5.74, 6) is -0.312. The highest BCUT2D eigenvalue weighted by atomic mass is 19.1. The maximum absolute atomic E-state index is 12.8. The first-order valence-corrected chi connectivity index (χ1v) is 4.33. The second-order valence-corrected chi connectivity index (χ2v) is 2.73. The van der Waals surface area contributed by atoms with Gasteiger partial charge in [-0.3, -0.25) is 4.98 Å². The fourth-order valence-electron chi connectivity index (χ4n) is 1.20. The highest BCUT2D eigenvalue weighted by Crippen LogP contribution is 2.12. The molecule has 0 aliphatic carbocycles. The third-order valence-corrected chi connectivity index (χ3v) is 1.84. The maximum Gasteiger partial charge on any atom is 0.143 e. The smallest absolute Gasteiger partial charge is 0.143 e. The molecule has 0 bridgehead atoms. The van der Waals surface area contributed by atoms with Crippen LogP contribution in [0.1, 0.15) is 6.92 Å². The second-order valence-electron chi connectivity index (χ2n) is 2.73. The van der Waals surface area contributed by atoms with Gasteiger partial charge in [0.1, 0.15) is 5.82 Å². The predicted molar refractivity (Wildman–Crippen MR) is 51.1 cm³/mol. The fraction of sp³-hybridized carbons (Fsp3) is 0.444. The Balaban J connectivity index is 2.78. The molecule has 4 heteroatoms. The van der Waals surface area contributed by atoms with E-state index in [9.17, 15) is 4.39 Å². The van der Waals surface area contributed by atoms with E-state index in [0.717, 1.165) is 18.8 Å². The minimum absolute atomic E-state index is 0.312. The summed E-state index contributed by atoms with van der Waals surface area (Å²) in [6, 6.07) is 1.46. The Morgan fingerprint density at radius 2 is 2.31 bits per heavy atom. The number of hydrogen-bond acceptors (Lipinski definition) is 3. The molecule has 1 aromatic heterocycles. The zero-order chi connectivity index (χ0) is 9.68. The number of hydrogen-bond donors (Lipinski definition) is 1. The highest BCUT2D eigenvalue weighted by Gasteiger charge is 2.03. The molecule has 0 saturated heterocycles. The third kappa shape index (κ3) is 2.66. The van der Waals surface area contributed by atoms with E-state index in [1.54, 1.807) is 6.20 Å². The van der Waals surface area contributed by atoms with Crippen molar-refractivity contribution in [2.75, 3.05) is 24.5 Å². The Hall–Kier alpha value is -1.16. The van der Waals surface area contributed by atoms with E-state index in [4.69, 9.17) is 5.73 Å². The summed E-state index contributed by atoms with van der Waals surface area (Å²) >= 11 is 0. The largest absolute Gasteiger partial charge is 0.369 e. The van der Waals surface area contributed by atoms with Crippen molar-refractivity contribution in [3.8, 4) is 0 Å². The molecule has 0 amide bonds. The van der Waals surface area contributed by atoms with Gasteiger partial charge in [0.25, 0.3) is 0 Å². The number of pyridine rings is 1. The summed E-state index contributed by atoms with van der Waals surface area (Å²) in [4.78, 5) is 5.76. The van der Waals surface area contributed by atoms with Crippen LogP contribution in [0.25, 0.3) is 0 Å². The molecule has 13 heavy (non-hydrogen) atoms. The Labute approximate surface area is 77.4 Å². The zero-order valence-electron chi connectivity index (χ0n) is 7.70. The average molecular weight is 183 g/mol. The van der Waals surface area contributed by atoms with E-state index < -0.39 is 0 Å². The first kappa shape index (κ1) is 9.92. The summed E-state index contributed by atoms with van der Waals surface area (Å²) in [5.41, 5.74) is 6.21. The van der Waals surface area contributed by atoms with E-state index in [1.807, 2.05) is 11.8 Å². The van der Waals surface area contributed by atoms with E-state index in [1.165, 1.54) is 12.3 Å². The van der Waals surface area contributed by atoms with E-state index >= 15 is 0 Å². The SMILES string of the molecule is CCN(CCN)c1cncc(F)c1. The van der Waals surface area contributed by atoms with E-state index in [-0.39, 0.29) is 5.82 Å². The molecule has 0 atom stereocenters. The summed E-state index contributed by atoms with van der Waals surface area (Å²) in [5, 5.41) is 0. The summed E-state index contributed by atoms with van der Waals surface area (Å²) in [6.45, 7) is 4.09. The normalized spacial score (nSPS) is 10.1. The lowest BCUT2D eigenvalue weighted by Gasteiger charge is -2.21. The Kier molecular flexibility index (Phi) is 3.64. The molecule has 1 rings (SSSR count). The average Bonchev–Trinajstić information content (AvgIpc) is 2.14. The molecular weight excluding hydrogens is 169 g/mol. The summed E-state index contributed by atoms with van der Waals surface area (Å²) in [7, 11) is 0. The van der Waals surface area contributed by atoms with Crippen LogP contribution in [0.2, 0.25) is 0 Å². The van der Waals surface area contributed by atoms with E-state index in [0.29, 0.717) is 6.54 Å². The van der Waals surface area contributed by atoms with Crippen molar-refractivity contribution in [3.05, 3.63) is 24.3 Å². The Morgan fingerprint density at radius 3 is 2.85 bits per heavy atom. The quantitative estimate of drug-likeness (QED) is 0.757. The molecule has 1 aromatic rings. The van der Waals surface area contributed by atoms with Gasteiger partial charge in [0, 0.05) is 25.7 Å². The molecule has 0 radical (unpaired) electrons. The van der Waals surface area contributed by atoms with Gasteiger partial charge in [-0.05, 0) is 6.92 Å². The topological polar surface area (TPSA) is 42.1 Å². The van der Waals surface area contributed by atoms with Gasteiger partial charge in [-0.2, -0.15) is 0 Å². The summed E-state index contributed by atoms with van der Waals surface area (Å²) in [6.07, 6.45) is 2.84. The molecule has 0 aromatic carbocycles. The van der Waals surface area contributed by atoms with Gasteiger partial charge in [0.2, 0.25) is 0 Å². The van der Waals surface area contributed by atoms with Crippen LogP contribution in [0, 0.1) is 5.82 Å². The van der Waals surface area contributed by atoms with Crippen molar-refractivity contribution >= 4 is 5.69 Å². The number of anilines is 1. The Morgan fingerprint density at radius 1 is 1.54 bits per heavy atom. The molecule has 0 unspecified atom stereocenters. The first-order chi connectivity index (χ1) is 6.27. The summed E-state index contributed by atoms with van der Waals surface area (Å²) < 4.78 is 12.8. The van der Waals surface area contributed by atoms with Crippen molar-refractivity contribution in [1.82, 2.24) is 4.98 Å². The molecular formula is C9H14FN3. The molecule has 0 aliphatic rings. The van der Waals surface area contributed by atoms with Gasteiger partial charge in [-0.1, -0.05) is 0 Å². The van der Waals surface area contributed by atoms with Gasteiger partial charge >= 0.3 is 0 Å². The van der Waals surface area contributed by atoms with Crippen LogP contribution in [0.5, 0.6) is 0 Å². The first-order valence-electron chi connectivity index (χ1n) is 4.33. The van der Waals surface area contributed by atoms with Gasteiger partial charge < -0.3 is 10.6 Å². The molecule has 0 saturated carbocycles. The number of halogens is 1. The van der Waals surface area contributed by atoms with Gasteiger partial charge in [0.15, 0.2) is 0 Å². The lowest BCUT2D eigenvalue weighted by molar-refractivity contribution is 0.620. The third-order valence-electron chi connectivity index (χ3n) is 1.84. The van der Waals surface area contributed by atoms with Crippen LogP contribution in [-0.4, -0.2) is 24.6 Å². The van der Waals surface area contributed by atoms with Crippen LogP contribution in [0.15, 0.2) is 18.5 Å². The predicted octanol–water partition coefficient (Wildman–Crippen LogP) is 1.01. The van der Waals surface area contributed by atoms with Crippen molar-refractivity contribution < 1.29 is 4.39 Å². The van der Waals surface area contributed by atoms with Gasteiger partial charge in [-0.25, -0.2) is 4.39 Å². The van der Waals surface area contributed by atoms with Crippen LogP contribution in [-0.2, 0) is 0 Å². The number of rotatable bonds is 4. The van der Waals surface area contributed by atoms with Crippen LogP contribution >= 0.6 is 0 Å². The fourth-order valence-corrected chi connectivity index (χ4v) is 1.20. The van der Waals surface area contributed by atoms with Crippen LogP contribution < -0.4 is 10.6 Å². The minimum Gasteiger partial charge on any atom is -0.369 e. The van der Waals surface area contributed by atoms with Crippen molar-refractivity contribution in [3.63, 3.8) is 0 Å². The highest BCUT2D eigenvalue weighted by molar-refractivity contribution is 5.43. The van der Waals surface area contributed by atoms with Crippen molar-refractivity contribution in [1.29, 1.82) is 0 Å². The van der Waals surface area contributed by atoms with Crippen LogP contribution in [0.4, 0.5) is 10.1 Å². The number of aromatic nitrogens is 1. The molecule has 1 heterocycles. The number of likely N-dealkylation sites (N-methyl/N-ethyl adjacent to an activating group) is 1. The van der Waals surface area contributed by atoms with Gasteiger partial charge in [-0.15, -0.1) is 0 Å². The molecule has 0 spiro atoms. The molecule has 0 aliphatic heterocycles. The standard InChI is InChI=1S/C9H14FN3/c1-2-13(4-3-11)9-5-8(10)6-12-7-9/h5-7H,2-4,11H2,1H3. The molecule has 3 nitrogen and oxygen atoms in total. The lowest BCUT2D eigenvalue weighted by Crippen LogP contribution is -2.29. The maximum atomic E-state index is 12.8. The second kappa shape index (κ2) is 4.77.